The molecule has 0 unspecified atom stereocenters. The van der Waals surface area contributed by atoms with E-state index in [9.17, 15) is 5.11 Å². The molecule has 15 heavy (non-hydrogen) atoms. The summed E-state index contributed by atoms with van der Waals surface area (Å²) in [6, 6.07) is 5.52. The number of phenols is 1. The van der Waals surface area contributed by atoms with Gasteiger partial charge >= 0.3 is 0 Å². The highest BCUT2D eigenvalue weighted by Crippen LogP contribution is 2.32. The molecule has 0 amide bonds. The third kappa shape index (κ3) is 2.88. The van der Waals surface area contributed by atoms with E-state index in [0.717, 1.165) is 6.42 Å². The molecule has 0 spiro atoms. The molecule has 0 heterocycles. The summed E-state index contributed by atoms with van der Waals surface area (Å²) >= 11 is 0. The zero-order valence-corrected chi connectivity index (χ0v) is 9.88. The van der Waals surface area contributed by atoms with E-state index in [4.69, 9.17) is 5.73 Å². The Kier molecular flexibility index (Phi) is 3.61. The standard InChI is InChI=1S/C13H21NO/c1-4-5-8-13(2,3)10-6-7-12(15)11(14)9-10/h6-7,9,15H,4-5,8,14H2,1-3H3. The van der Waals surface area contributed by atoms with Gasteiger partial charge in [0.1, 0.15) is 5.75 Å². The molecule has 0 aliphatic carbocycles. The summed E-state index contributed by atoms with van der Waals surface area (Å²) < 4.78 is 0. The van der Waals surface area contributed by atoms with Crippen molar-refractivity contribution in [3.05, 3.63) is 23.8 Å². The van der Waals surface area contributed by atoms with Crippen LogP contribution >= 0.6 is 0 Å². The maximum absolute atomic E-state index is 9.36. The highest BCUT2D eigenvalue weighted by Gasteiger charge is 2.20. The monoisotopic (exact) mass is 207 g/mol. The fourth-order valence-corrected chi connectivity index (χ4v) is 1.74. The molecule has 3 N–H and O–H groups in total. The number of rotatable bonds is 4. The first-order chi connectivity index (χ1) is 6.97. The van der Waals surface area contributed by atoms with Crippen molar-refractivity contribution >= 4 is 5.69 Å². The molecule has 1 aromatic carbocycles. The second-order valence-corrected chi connectivity index (χ2v) is 4.76. The van der Waals surface area contributed by atoms with E-state index in [1.54, 1.807) is 6.07 Å². The van der Waals surface area contributed by atoms with Gasteiger partial charge in [-0.3, -0.25) is 0 Å². The number of hydrogen-bond donors (Lipinski definition) is 2. The summed E-state index contributed by atoms with van der Waals surface area (Å²) in [6.45, 7) is 6.63. The predicted octanol–water partition coefficient (Wildman–Crippen LogP) is 3.44. The number of aromatic hydroxyl groups is 1. The summed E-state index contributed by atoms with van der Waals surface area (Å²) in [4.78, 5) is 0. The Labute approximate surface area is 92.1 Å². The average molecular weight is 207 g/mol. The van der Waals surface area contributed by atoms with Crippen molar-refractivity contribution in [1.82, 2.24) is 0 Å². The number of unbranched alkanes of at least 4 members (excludes halogenated alkanes) is 1. The Morgan fingerprint density at radius 1 is 1.33 bits per heavy atom. The van der Waals surface area contributed by atoms with Crippen LogP contribution in [0.4, 0.5) is 5.69 Å². The number of nitrogen functional groups attached to an aromatic ring is 1. The number of nitrogens with two attached hydrogens (primary N) is 1. The molecule has 84 valence electrons. The Morgan fingerprint density at radius 3 is 2.53 bits per heavy atom. The van der Waals surface area contributed by atoms with Crippen molar-refractivity contribution < 1.29 is 5.11 Å². The van der Waals surface area contributed by atoms with E-state index in [1.165, 1.54) is 18.4 Å². The van der Waals surface area contributed by atoms with E-state index in [0.29, 0.717) is 5.69 Å². The van der Waals surface area contributed by atoms with Gasteiger partial charge in [-0.05, 0) is 29.5 Å². The van der Waals surface area contributed by atoms with Crippen LogP contribution in [0, 0.1) is 0 Å². The van der Waals surface area contributed by atoms with Crippen LogP contribution in [-0.2, 0) is 5.41 Å². The van der Waals surface area contributed by atoms with E-state index >= 15 is 0 Å². The lowest BCUT2D eigenvalue weighted by atomic mass is 9.80. The average Bonchev–Trinajstić information content (AvgIpc) is 2.19. The van der Waals surface area contributed by atoms with Gasteiger partial charge in [0.25, 0.3) is 0 Å². The lowest BCUT2D eigenvalue weighted by Gasteiger charge is -2.25. The molecule has 1 aromatic rings. The topological polar surface area (TPSA) is 46.2 Å². The van der Waals surface area contributed by atoms with Crippen LogP contribution in [-0.4, -0.2) is 5.11 Å². The van der Waals surface area contributed by atoms with Crippen LogP contribution < -0.4 is 5.73 Å². The molecule has 2 heteroatoms. The van der Waals surface area contributed by atoms with Gasteiger partial charge in [-0.25, -0.2) is 0 Å². The summed E-state index contributed by atoms with van der Waals surface area (Å²) in [5, 5.41) is 9.36. The fraction of sp³-hybridized carbons (Fsp3) is 0.538. The molecule has 1 rings (SSSR count). The summed E-state index contributed by atoms with van der Waals surface area (Å²) in [5.74, 6) is 0.171. The van der Waals surface area contributed by atoms with Gasteiger partial charge in [-0.1, -0.05) is 39.7 Å². The van der Waals surface area contributed by atoms with Gasteiger partial charge in [-0.15, -0.1) is 0 Å². The Hall–Kier alpha value is -1.18. The highest BCUT2D eigenvalue weighted by atomic mass is 16.3. The molecule has 0 fully saturated rings. The second-order valence-electron chi connectivity index (χ2n) is 4.76. The largest absolute Gasteiger partial charge is 0.506 e. The molecule has 0 aliphatic rings. The van der Waals surface area contributed by atoms with E-state index < -0.39 is 0 Å². The third-order valence-electron chi connectivity index (χ3n) is 2.96. The van der Waals surface area contributed by atoms with Crippen LogP contribution in [0.15, 0.2) is 18.2 Å². The SMILES string of the molecule is CCCCC(C)(C)c1ccc(O)c(N)c1. The first-order valence-corrected chi connectivity index (χ1v) is 5.56. The lowest BCUT2D eigenvalue weighted by Crippen LogP contribution is -2.17. The van der Waals surface area contributed by atoms with Crippen molar-refractivity contribution in [2.75, 3.05) is 5.73 Å². The molecule has 2 nitrogen and oxygen atoms in total. The summed E-state index contributed by atoms with van der Waals surface area (Å²) in [6.07, 6.45) is 3.57. The minimum atomic E-state index is 0.137. The quantitative estimate of drug-likeness (QED) is 0.587. The molecule has 0 aliphatic heterocycles. The maximum atomic E-state index is 9.36. The first-order valence-electron chi connectivity index (χ1n) is 5.56. The van der Waals surface area contributed by atoms with Crippen LogP contribution in [0.25, 0.3) is 0 Å². The number of benzene rings is 1. The highest BCUT2D eigenvalue weighted by molar-refractivity contribution is 5.54. The van der Waals surface area contributed by atoms with E-state index in [2.05, 4.69) is 20.8 Å². The Bertz CT molecular complexity index is 331. The Morgan fingerprint density at radius 2 is 2.00 bits per heavy atom. The minimum Gasteiger partial charge on any atom is -0.506 e. The molecular formula is C13H21NO. The van der Waals surface area contributed by atoms with Gasteiger partial charge in [0.15, 0.2) is 0 Å². The molecule has 0 aromatic heterocycles. The van der Waals surface area contributed by atoms with Gasteiger partial charge in [0, 0.05) is 0 Å². The maximum Gasteiger partial charge on any atom is 0.138 e. The molecule has 0 saturated heterocycles. The molecule has 0 radical (unpaired) electrons. The molecular weight excluding hydrogens is 186 g/mol. The van der Waals surface area contributed by atoms with E-state index in [1.807, 2.05) is 12.1 Å². The lowest BCUT2D eigenvalue weighted by molar-refractivity contribution is 0.454. The predicted molar refractivity (Wildman–Crippen MR) is 65.1 cm³/mol. The summed E-state index contributed by atoms with van der Waals surface area (Å²) in [5.41, 5.74) is 7.50. The van der Waals surface area contributed by atoms with Gasteiger partial charge < -0.3 is 10.8 Å². The molecule has 0 atom stereocenters. The summed E-state index contributed by atoms with van der Waals surface area (Å²) in [7, 11) is 0. The minimum absolute atomic E-state index is 0.137. The zero-order valence-electron chi connectivity index (χ0n) is 9.88. The van der Waals surface area contributed by atoms with Crippen molar-refractivity contribution in [3.63, 3.8) is 0 Å². The third-order valence-corrected chi connectivity index (χ3v) is 2.96. The molecule has 0 bridgehead atoms. The number of anilines is 1. The van der Waals surface area contributed by atoms with Crippen molar-refractivity contribution in [3.8, 4) is 5.75 Å². The fourth-order valence-electron chi connectivity index (χ4n) is 1.74. The van der Waals surface area contributed by atoms with Gasteiger partial charge in [0.05, 0.1) is 5.69 Å². The van der Waals surface area contributed by atoms with Crippen LogP contribution in [0.5, 0.6) is 5.75 Å². The van der Waals surface area contributed by atoms with Crippen molar-refractivity contribution in [2.24, 2.45) is 0 Å². The van der Waals surface area contributed by atoms with Crippen LogP contribution in [0.2, 0.25) is 0 Å². The second kappa shape index (κ2) is 4.56. The van der Waals surface area contributed by atoms with Crippen molar-refractivity contribution in [2.45, 2.75) is 45.4 Å². The smallest absolute Gasteiger partial charge is 0.138 e. The Balaban J connectivity index is 2.89. The first kappa shape index (κ1) is 11.9. The van der Waals surface area contributed by atoms with Gasteiger partial charge in [-0.2, -0.15) is 0 Å². The van der Waals surface area contributed by atoms with Crippen LogP contribution in [0.1, 0.15) is 45.6 Å². The van der Waals surface area contributed by atoms with E-state index in [-0.39, 0.29) is 11.2 Å². The number of hydrogen-bond acceptors (Lipinski definition) is 2. The zero-order chi connectivity index (χ0) is 11.5. The van der Waals surface area contributed by atoms with Crippen molar-refractivity contribution in [1.29, 1.82) is 0 Å². The normalized spacial score (nSPS) is 11.7. The van der Waals surface area contributed by atoms with Crippen LogP contribution in [0.3, 0.4) is 0 Å². The van der Waals surface area contributed by atoms with Gasteiger partial charge in [0.2, 0.25) is 0 Å². The number of phenolic OH excluding ortho intramolecular Hbond substituents is 1. The molecule has 0 saturated carbocycles.